The van der Waals surface area contributed by atoms with Crippen molar-refractivity contribution in [1.82, 2.24) is 0 Å². The molecular weight excluding hydrogens is 230 g/mol. The van der Waals surface area contributed by atoms with E-state index in [0.717, 1.165) is 6.42 Å². The van der Waals surface area contributed by atoms with Crippen molar-refractivity contribution in [3.05, 3.63) is 41.5 Å². The van der Waals surface area contributed by atoms with Crippen molar-refractivity contribution in [3.63, 3.8) is 0 Å². The summed E-state index contributed by atoms with van der Waals surface area (Å²) in [6.45, 7) is 8.94. The van der Waals surface area contributed by atoms with Crippen LogP contribution in [0.3, 0.4) is 0 Å². The second kappa shape index (κ2) is 4.48. The fourth-order valence-corrected chi connectivity index (χ4v) is 2.76. The van der Waals surface area contributed by atoms with E-state index in [1.807, 2.05) is 0 Å². The number of nitrogens with zero attached hydrogens (tertiary/aromatic N) is 1. The molecule has 1 heteroatoms. The predicted octanol–water partition coefficient (Wildman–Crippen LogP) is 5.25. The predicted molar refractivity (Wildman–Crippen MR) is 83.7 cm³/mol. The molecular formula is C18H21N. The summed E-state index contributed by atoms with van der Waals surface area (Å²) in [6.07, 6.45) is 1.02. The smallest absolute Gasteiger partial charge is 0.0671 e. The average Bonchev–Trinajstić information content (AvgIpc) is 2.82. The molecule has 0 fully saturated rings. The molecule has 0 unspecified atom stereocenters. The highest BCUT2D eigenvalue weighted by Gasteiger charge is 2.19. The monoisotopic (exact) mass is 251 g/mol. The second-order valence-corrected chi connectivity index (χ2v) is 6.13. The fraction of sp³-hybridized carbons (Fsp3) is 0.389. The molecule has 2 aromatic carbocycles. The minimum Gasteiger partial charge on any atom is -0.257 e. The number of benzene rings is 2. The third kappa shape index (κ3) is 2.07. The summed E-state index contributed by atoms with van der Waals surface area (Å²) in [7, 11) is 0. The molecule has 1 nitrogen and oxygen atoms in total. The molecule has 1 heterocycles. The Hall–Kier alpha value is -1.63. The molecule has 0 spiro atoms. The van der Waals surface area contributed by atoms with Crippen molar-refractivity contribution in [3.8, 4) is 0 Å². The van der Waals surface area contributed by atoms with Gasteiger partial charge in [-0.1, -0.05) is 52.0 Å². The van der Waals surface area contributed by atoms with Gasteiger partial charge >= 0.3 is 0 Å². The highest BCUT2D eigenvalue weighted by molar-refractivity contribution is 6.02. The third-order valence-electron chi connectivity index (χ3n) is 4.09. The van der Waals surface area contributed by atoms with E-state index in [0.29, 0.717) is 11.8 Å². The van der Waals surface area contributed by atoms with Crippen molar-refractivity contribution >= 4 is 22.2 Å². The molecule has 1 aliphatic heterocycles. The van der Waals surface area contributed by atoms with Gasteiger partial charge in [0.15, 0.2) is 0 Å². The zero-order valence-corrected chi connectivity index (χ0v) is 12.2. The van der Waals surface area contributed by atoms with Gasteiger partial charge in [-0.05, 0) is 39.8 Å². The minimum atomic E-state index is 0.539. The molecule has 0 bridgehead atoms. The molecule has 0 atom stereocenters. The van der Waals surface area contributed by atoms with E-state index in [1.54, 1.807) is 0 Å². The number of hydrogen-bond donors (Lipinski definition) is 0. The maximum Gasteiger partial charge on any atom is 0.0671 e. The number of rotatable bonds is 2. The lowest BCUT2D eigenvalue weighted by atomic mass is 9.94. The average molecular weight is 251 g/mol. The maximum absolute atomic E-state index is 4.78. The van der Waals surface area contributed by atoms with Gasteiger partial charge in [-0.15, -0.1) is 0 Å². The van der Waals surface area contributed by atoms with Crippen molar-refractivity contribution in [2.75, 3.05) is 0 Å². The van der Waals surface area contributed by atoms with Crippen LogP contribution >= 0.6 is 0 Å². The minimum absolute atomic E-state index is 0.539. The van der Waals surface area contributed by atoms with Gasteiger partial charge in [-0.2, -0.15) is 0 Å². The summed E-state index contributed by atoms with van der Waals surface area (Å²) < 4.78 is 0. The molecule has 0 aromatic heterocycles. The normalized spacial score (nSPS) is 14.3. The largest absolute Gasteiger partial charge is 0.257 e. The SMILES string of the molecule is CC(C)C1=Nc2ccc3cc(C(C)C)ccc3c2C1. The van der Waals surface area contributed by atoms with E-state index in [2.05, 4.69) is 58.0 Å². The zero-order valence-electron chi connectivity index (χ0n) is 12.2. The first-order chi connectivity index (χ1) is 9.06. The molecule has 19 heavy (non-hydrogen) atoms. The van der Waals surface area contributed by atoms with Crippen LogP contribution in [0.4, 0.5) is 5.69 Å². The fourth-order valence-electron chi connectivity index (χ4n) is 2.76. The van der Waals surface area contributed by atoms with E-state index in [1.165, 1.54) is 33.3 Å². The second-order valence-electron chi connectivity index (χ2n) is 6.13. The lowest BCUT2D eigenvalue weighted by Gasteiger charge is -2.09. The van der Waals surface area contributed by atoms with Gasteiger partial charge in [0.25, 0.3) is 0 Å². The maximum atomic E-state index is 4.78. The van der Waals surface area contributed by atoms with Crippen LogP contribution in [0.25, 0.3) is 10.8 Å². The topological polar surface area (TPSA) is 12.4 Å². The van der Waals surface area contributed by atoms with Crippen molar-refractivity contribution in [2.24, 2.45) is 10.9 Å². The van der Waals surface area contributed by atoms with E-state index < -0.39 is 0 Å². The molecule has 0 amide bonds. The van der Waals surface area contributed by atoms with E-state index in [4.69, 9.17) is 4.99 Å². The number of hydrogen-bond acceptors (Lipinski definition) is 1. The van der Waals surface area contributed by atoms with Gasteiger partial charge in [-0.25, -0.2) is 0 Å². The van der Waals surface area contributed by atoms with Gasteiger partial charge in [0.1, 0.15) is 0 Å². The molecule has 98 valence electrons. The van der Waals surface area contributed by atoms with Crippen molar-refractivity contribution < 1.29 is 0 Å². The standard InChI is InChI=1S/C18H21N/c1-11(2)13-5-7-15-14(9-13)6-8-17-16(15)10-18(19-17)12(3)4/h5-9,11-12H,10H2,1-4H3. The summed E-state index contributed by atoms with van der Waals surface area (Å²) in [6, 6.07) is 11.3. The van der Waals surface area contributed by atoms with Crippen LogP contribution in [0.2, 0.25) is 0 Å². The molecule has 2 aromatic rings. The summed E-state index contributed by atoms with van der Waals surface area (Å²) in [5, 5.41) is 2.73. The van der Waals surface area contributed by atoms with Crippen LogP contribution in [0.15, 0.2) is 35.3 Å². The van der Waals surface area contributed by atoms with Gasteiger partial charge in [0, 0.05) is 12.1 Å². The van der Waals surface area contributed by atoms with Crippen molar-refractivity contribution in [2.45, 2.75) is 40.0 Å². The molecule has 3 rings (SSSR count). The van der Waals surface area contributed by atoms with E-state index >= 15 is 0 Å². The molecule has 0 N–H and O–H groups in total. The Bertz CT molecular complexity index is 663. The van der Waals surface area contributed by atoms with Gasteiger partial charge in [0.2, 0.25) is 0 Å². The zero-order chi connectivity index (χ0) is 13.6. The Balaban J connectivity index is 2.11. The van der Waals surface area contributed by atoms with Crippen LogP contribution in [0.1, 0.15) is 44.7 Å². The molecule has 0 saturated heterocycles. The van der Waals surface area contributed by atoms with Crippen molar-refractivity contribution in [1.29, 1.82) is 0 Å². The highest BCUT2D eigenvalue weighted by Crippen LogP contribution is 2.35. The first kappa shape index (κ1) is 12.4. The van der Waals surface area contributed by atoms with Gasteiger partial charge in [0.05, 0.1) is 5.69 Å². The Morgan fingerprint density at radius 2 is 1.74 bits per heavy atom. The van der Waals surface area contributed by atoms with Crippen LogP contribution in [-0.4, -0.2) is 5.71 Å². The van der Waals surface area contributed by atoms with E-state index in [9.17, 15) is 0 Å². The van der Waals surface area contributed by atoms with E-state index in [-0.39, 0.29) is 0 Å². The quantitative estimate of drug-likeness (QED) is 0.691. The van der Waals surface area contributed by atoms with Crippen LogP contribution in [-0.2, 0) is 6.42 Å². The first-order valence-corrected chi connectivity index (χ1v) is 7.19. The van der Waals surface area contributed by atoms with Crippen LogP contribution in [0, 0.1) is 5.92 Å². The molecule has 0 saturated carbocycles. The number of aliphatic imine (C=N–C) groups is 1. The summed E-state index contributed by atoms with van der Waals surface area (Å²) >= 11 is 0. The molecule has 1 aliphatic rings. The van der Waals surface area contributed by atoms with Crippen LogP contribution < -0.4 is 0 Å². The molecule has 0 radical (unpaired) electrons. The van der Waals surface area contributed by atoms with Gasteiger partial charge in [-0.3, -0.25) is 4.99 Å². The van der Waals surface area contributed by atoms with Gasteiger partial charge < -0.3 is 0 Å². The van der Waals surface area contributed by atoms with Crippen LogP contribution in [0.5, 0.6) is 0 Å². The Morgan fingerprint density at radius 3 is 2.42 bits per heavy atom. The Kier molecular flexibility index (Phi) is 2.93. The highest BCUT2D eigenvalue weighted by atomic mass is 14.8. The first-order valence-electron chi connectivity index (χ1n) is 7.19. The summed E-state index contributed by atoms with van der Waals surface area (Å²) in [4.78, 5) is 4.78. The number of fused-ring (bicyclic) bond motifs is 3. The molecule has 0 aliphatic carbocycles. The third-order valence-corrected chi connectivity index (χ3v) is 4.09. The lowest BCUT2D eigenvalue weighted by molar-refractivity contribution is 0.868. The lowest BCUT2D eigenvalue weighted by Crippen LogP contribution is -2.06. The summed E-state index contributed by atoms with van der Waals surface area (Å²) in [5.74, 6) is 1.12. The Morgan fingerprint density at radius 1 is 0.947 bits per heavy atom. The Labute approximate surface area is 115 Å². The summed E-state index contributed by atoms with van der Waals surface area (Å²) in [5.41, 5.74) is 5.32.